The molecule has 0 fully saturated rings. The third-order valence-corrected chi connectivity index (χ3v) is 3.69. The van der Waals surface area contributed by atoms with Gasteiger partial charge in [-0.3, -0.25) is 4.79 Å². The van der Waals surface area contributed by atoms with Gasteiger partial charge in [0.05, 0.1) is 17.6 Å². The molecule has 3 rings (SSSR count). The summed E-state index contributed by atoms with van der Waals surface area (Å²) >= 11 is 0. The van der Waals surface area contributed by atoms with Gasteiger partial charge in [0.15, 0.2) is 5.76 Å². The molecule has 2 heterocycles. The molecule has 0 amide bonds. The minimum atomic E-state index is -1.43. The van der Waals surface area contributed by atoms with Crippen LogP contribution in [0.3, 0.4) is 0 Å². The summed E-state index contributed by atoms with van der Waals surface area (Å²) in [5.41, 5.74) is 0.877. The van der Waals surface area contributed by atoms with Gasteiger partial charge in [0, 0.05) is 0 Å². The first-order valence-corrected chi connectivity index (χ1v) is 7.52. The zero-order chi connectivity index (χ0) is 17.3. The number of hydrogen-bond donors (Lipinski definition) is 0. The van der Waals surface area contributed by atoms with E-state index < -0.39 is 17.5 Å². The molecule has 6 nitrogen and oxygen atoms in total. The Morgan fingerprint density at radius 3 is 2.75 bits per heavy atom. The van der Waals surface area contributed by atoms with Crippen LogP contribution in [-0.2, 0) is 11.2 Å². The van der Waals surface area contributed by atoms with Gasteiger partial charge in [0.25, 0.3) is 0 Å². The van der Waals surface area contributed by atoms with E-state index in [1.165, 1.54) is 13.2 Å². The summed E-state index contributed by atoms with van der Waals surface area (Å²) < 4.78 is 16.4. The van der Waals surface area contributed by atoms with Gasteiger partial charge in [-0.15, -0.1) is 0 Å². The molecule has 0 unspecified atom stereocenters. The van der Waals surface area contributed by atoms with Crippen LogP contribution in [0.15, 0.2) is 50.2 Å². The first-order chi connectivity index (χ1) is 11.5. The van der Waals surface area contributed by atoms with Gasteiger partial charge in [-0.1, -0.05) is 13.0 Å². The Morgan fingerprint density at radius 2 is 2.12 bits per heavy atom. The summed E-state index contributed by atoms with van der Waals surface area (Å²) in [6.07, 6.45) is 0.862. The van der Waals surface area contributed by atoms with E-state index in [4.69, 9.17) is 13.6 Å². The van der Waals surface area contributed by atoms with Crippen molar-refractivity contribution in [2.75, 3.05) is 0 Å². The first kappa shape index (κ1) is 15.9. The third-order valence-electron chi connectivity index (χ3n) is 3.69. The predicted molar refractivity (Wildman–Crippen MR) is 84.7 cm³/mol. The number of carboxylic acids is 1. The Bertz CT molecular complexity index is 936. The maximum atomic E-state index is 12.8. The van der Waals surface area contributed by atoms with Gasteiger partial charge >= 0.3 is 0 Å². The summed E-state index contributed by atoms with van der Waals surface area (Å²) in [6, 6.07) is 8.51. The molecule has 0 saturated carbocycles. The zero-order valence-electron chi connectivity index (χ0n) is 13.2. The molecule has 3 aromatic rings. The van der Waals surface area contributed by atoms with Crippen molar-refractivity contribution in [3.8, 4) is 17.3 Å². The molecule has 124 valence electrons. The predicted octanol–water partition coefficient (Wildman–Crippen LogP) is 2.13. The van der Waals surface area contributed by atoms with Crippen molar-refractivity contribution < 1.29 is 23.5 Å². The molecule has 0 aliphatic heterocycles. The van der Waals surface area contributed by atoms with Gasteiger partial charge < -0.3 is 23.5 Å². The van der Waals surface area contributed by atoms with E-state index in [0.29, 0.717) is 11.0 Å². The number of fused-ring (bicyclic) bond motifs is 1. The number of hydrogen-bond acceptors (Lipinski definition) is 6. The number of carbonyl (C=O) groups is 1. The highest BCUT2D eigenvalue weighted by Gasteiger charge is 2.22. The highest BCUT2D eigenvalue weighted by molar-refractivity contribution is 5.82. The Labute approximate surface area is 137 Å². The van der Waals surface area contributed by atoms with Crippen LogP contribution in [0.25, 0.3) is 22.5 Å². The summed E-state index contributed by atoms with van der Waals surface area (Å²) in [7, 11) is 0. The van der Waals surface area contributed by atoms with Crippen LogP contribution in [0.2, 0.25) is 0 Å². The fourth-order valence-electron chi connectivity index (χ4n) is 2.35. The van der Waals surface area contributed by atoms with Crippen LogP contribution in [0, 0.1) is 0 Å². The molecular weight excluding hydrogens is 312 g/mol. The number of rotatable bonds is 5. The second kappa shape index (κ2) is 6.23. The lowest BCUT2D eigenvalue weighted by Crippen LogP contribution is -2.38. The lowest BCUT2D eigenvalue weighted by atomic mass is 10.1. The molecule has 0 radical (unpaired) electrons. The standard InChI is InChI=1S/C18H16O6/c1-3-11-6-7-13-12(9-11)15(19)17(23-10(2)18(20)21)16(24-13)14-5-4-8-22-14/h4-10H,3H2,1-2H3,(H,20,21)/p-1/t10-/m1/s1. The van der Waals surface area contributed by atoms with Gasteiger partial charge in [0.2, 0.25) is 16.9 Å². The molecule has 0 N–H and O–H groups in total. The molecule has 6 heteroatoms. The van der Waals surface area contributed by atoms with Crippen LogP contribution in [-0.4, -0.2) is 12.1 Å². The molecule has 0 aliphatic carbocycles. The quantitative estimate of drug-likeness (QED) is 0.713. The number of carboxylic acid groups (broad SMARTS) is 1. The van der Waals surface area contributed by atoms with Crippen molar-refractivity contribution in [2.45, 2.75) is 26.4 Å². The van der Waals surface area contributed by atoms with Crippen molar-refractivity contribution in [3.63, 3.8) is 0 Å². The van der Waals surface area contributed by atoms with Crippen LogP contribution >= 0.6 is 0 Å². The van der Waals surface area contributed by atoms with Gasteiger partial charge in [-0.05, 0) is 43.2 Å². The Kier molecular flexibility index (Phi) is 4.12. The number of carbonyl (C=O) groups excluding carboxylic acids is 1. The highest BCUT2D eigenvalue weighted by atomic mass is 16.5. The second-order valence-corrected chi connectivity index (χ2v) is 5.33. The first-order valence-electron chi connectivity index (χ1n) is 7.52. The van der Waals surface area contributed by atoms with E-state index in [9.17, 15) is 14.7 Å². The normalized spacial score (nSPS) is 12.2. The fourth-order valence-corrected chi connectivity index (χ4v) is 2.35. The maximum Gasteiger partial charge on any atom is 0.235 e. The minimum Gasteiger partial charge on any atom is -0.546 e. The molecule has 1 atom stereocenters. The Morgan fingerprint density at radius 1 is 1.33 bits per heavy atom. The van der Waals surface area contributed by atoms with E-state index in [1.807, 2.05) is 13.0 Å². The molecule has 0 bridgehead atoms. The van der Waals surface area contributed by atoms with Crippen LogP contribution < -0.4 is 15.3 Å². The lowest BCUT2D eigenvalue weighted by molar-refractivity contribution is -0.312. The molecule has 0 aliphatic rings. The summed E-state index contributed by atoms with van der Waals surface area (Å²) in [5.74, 6) is -1.31. The number of aliphatic carboxylic acids is 1. The van der Waals surface area contributed by atoms with Gasteiger partial charge in [-0.25, -0.2) is 0 Å². The lowest BCUT2D eigenvalue weighted by Gasteiger charge is -2.16. The molecular formula is C18H15O6-. The molecule has 1 aromatic carbocycles. The average Bonchev–Trinajstić information content (AvgIpc) is 3.11. The maximum absolute atomic E-state index is 12.8. The van der Waals surface area contributed by atoms with Crippen molar-refractivity contribution >= 4 is 16.9 Å². The molecule has 2 aromatic heterocycles. The van der Waals surface area contributed by atoms with E-state index in [0.717, 1.165) is 12.0 Å². The van der Waals surface area contributed by atoms with E-state index in [2.05, 4.69) is 0 Å². The van der Waals surface area contributed by atoms with Crippen molar-refractivity contribution in [1.29, 1.82) is 0 Å². The van der Waals surface area contributed by atoms with Gasteiger partial charge in [0.1, 0.15) is 11.7 Å². The molecule has 0 spiro atoms. The average molecular weight is 327 g/mol. The Balaban J connectivity index is 2.27. The second-order valence-electron chi connectivity index (χ2n) is 5.33. The van der Waals surface area contributed by atoms with E-state index >= 15 is 0 Å². The SMILES string of the molecule is CCc1ccc2oc(-c3ccco3)c(O[C@H](C)C(=O)[O-])c(=O)c2c1. The number of benzene rings is 1. The van der Waals surface area contributed by atoms with Crippen molar-refractivity contribution in [1.82, 2.24) is 0 Å². The molecule has 24 heavy (non-hydrogen) atoms. The number of ether oxygens (including phenoxy) is 1. The smallest absolute Gasteiger partial charge is 0.235 e. The van der Waals surface area contributed by atoms with Crippen molar-refractivity contribution in [3.05, 3.63) is 52.4 Å². The highest BCUT2D eigenvalue weighted by Crippen LogP contribution is 2.32. The van der Waals surface area contributed by atoms with Crippen LogP contribution in [0.5, 0.6) is 5.75 Å². The third kappa shape index (κ3) is 2.78. The van der Waals surface area contributed by atoms with Crippen molar-refractivity contribution in [2.24, 2.45) is 0 Å². The van der Waals surface area contributed by atoms with E-state index in [1.54, 1.807) is 24.3 Å². The largest absolute Gasteiger partial charge is 0.546 e. The monoisotopic (exact) mass is 327 g/mol. The van der Waals surface area contributed by atoms with Gasteiger partial charge in [-0.2, -0.15) is 0 Å². The fraction of sp³-hybridized carbons (Fsp3) is 0.222. The number of aryl methyl sites for hydroxylation is 1. The van der Waals surface area contributed by atoms with Crippen LogP contribution in [0.1, 0.15) is 19.4 Å². The Hall–Kier alpha value is -3.02. The van der Waals surface area contributed by atoms with Crippen LogP contribution in [0.4, 0.5) is 0 Å². The van der Waals surface area contributed by atoms with E-state index in [-0.39, 0.29) is 17.3 Å². The number of furan rings is 1. The summed E-state index contributed by atoms with van der Waals surface area (Å²) in [4.78, 5) is 23.8. The summed E-state index contributed by atoms with van der Waals surface area (Å²) in [5, 5.41) is 11.3. The molecule has 0 saturated heterocycles. The minimum absolute atomic E-state index is 0.0508. The summed E-state index contributed by atoms with van der Waals surface area (Å²) in [6.45, 7) is 3.25. The topological polar surface area (TPSA) is 92.7 Å². The zero-order valence-corrected chi connectivity index (χ0v) is 13.2.